The molecule has 0 aliphatic heterocycles. The van der Waals surface area contributed by atoms with E-state index in [1.54, 1.807) is 10.9 Å². The van der Waals surface area contributed by atoms with Crippen molar-refractivity contribution in [3.63, 3.8) is 0 Å². The number of carbonyl (C=O) groups is 1. The number of allylic oxidation sites excluding steroid dienone is 2. The normalized spacial score (nSPS) is 24.4. The third kappa shape index (κ3) is 1.75. The largest absolute Gasteiger partial charge is 0.292 e. The van der Waals surface area contributed by atoms with E-state index in [4.69, 9.17) is 0 Å². The van der Waals surface area contributed by atoms with E-state index in [2.05, 4.69) is 17.1 Å². The van der Waals surface area contributed by atoms with Crippen LogP contribution in [-0.2, 0) is 4.79 Å². The summed E-state index contributed by atoms with van der Waals surface area (Å²) in [5, 5.41) is 8.74. The van der Waals surface area contributed by atoms with Crippen LogP contribution in [0.1, 0.15) is 19.4 Å². The van der Waals surface area contributed by atoms with Gasteiger partial charge in [-0.05, 0) is 30.5 Å². The Kier molecular flexibility index (Phi) is 2.28. The Balaban J connectivity index is 2.03. The van der Waals surface area contributed by atoms with Gasteiger partial charge >= 0.3 is 0 Å². The smallest absolute Gasteiger partial charge is 0.181 e. The minimum absolute atomic E-state index is 0.0865. The molecule has 1 aliphatic rings. The molecule has 0 N–H and O–H groups in total. The number of aromatic nitrogens is 3. The molecule has 0 bridgehead atoms. The minimum atomic E-state index is -0.248. The van der Waals surface area contributed by atoms with Gasteiger partial charge in [-0.25, -0.2) is 0 Å². The van der Waals surface area contributed by atoms with Gasteiger partial charge in [0.05, 0.1) is 0 Å². The van der Waals surface area contributed by atoms with E-state index in [0.717, 1.165) is 17.5 Å². The van der Waals surface area contributed by atoms with Gasteiger partial charge < -0.3 is 0 Å². The van der Waals surface area contributed by atoms with Gasteiger partial charge in [-0.3, -0.25) is 4.79 Å². The van der Waals surface area contributed by atoms with Gasteiger partial charge in [-0.15, -0.1) is 0 Å². The monoisotopic (exact) mass is 227 g/mol. The maximum Gasteiger partial charge on any atom is 0.181 e. The van der Waals surface area contributed by atoms with Gasteiger partial charge in [0.2, 0.25) is 0 Å². The first-order chi connectivity index (χ1) is 8.24. The molecular formula is C13H13N3O. The molecule has 1 aliphatic carbocycles. The Morgan fingerprint density at radius 1 is 1.24 bits per heavy atom. The molecule has 2 unspecified atom stereocenters. The second-order valence-corrected chi connectivity index (χ2v) is 4.50. The summed E-state index contributed by atoms with van der Waals surface area (Å²) in [6.07, 6.45) is 4.37. The Bertz CT molecular complexity index is 566. The maximum atomic E-state index is 11.8. The van der Waals surface area contributed by atoms with Gasteiger partial charge in [-0.1, -0.05) is 25.1 Å². The van der Waals surface area contributed by atoms with Crippen LogP contribution in [0.5, 0.6) is 0 Å². The second-order valence-electron chi connectivity index (χ2n) is 4.50. The maximum absolute atomic E-state index is 11.8. The molecule has 4 heteroatoms. The summed E-state index contributed by atoms with van der Waals surface area (Å²) in [7, 11) is 0. The van der Waals surface area contributed by atoms with Crippen LogP contribution in [0.2, 0.25) is 0 Å². The summed E-state index contributed by atoms with van der Waals surface area (Å²) < 4.78 is 0. The van der Waals surface area contributed by atoms with Gasteiger partial charge in [0.25, 0.3) is 0 Å². The fourth-order valence-corrected chi connectivity index (χ4v) is 2.14. The zero-order chi connectivity index (χ0) is 11.8. The van der Waals surface area contributed by atoms with E-state index in [1.165, 1.54) is 0 Å². The zero-order valence-corrected chi connectivity index (χ0v) is 9.58. The topological polar surface area (TPSA) is 47.8 Å². The third-order valence-electron chi connectivity index (χ3n) is 3.09. The van der Waals surface area contributed by atoms with Crippen LogP contribution in [0.4, 0.5) is 0 Å². The Morgan fingerprint density at radius 3 is 2.53 bits per heavy atom. The fourth-order valence-electron chi connectivity index (χ4n) is 2.14. The molecule has 0 radical (unpaired) electrons. The van der Waals surface area contributed by atoms with Crippen LogP contribution in [0.15, 0.2) is 36.4 Å². The minimum Gasteiger partial charge on any atom is -0.292 e. The Labute approximate surface area is 98.9 Å². The molecule has 86 valence electrons. The first-order valence-electron chi connectivity index (χ1n) is 5.77. The number of carbonyl (C=O) groups excluding carboxylic acids is 1. The number of benzene rings is 1. The number of ketones is 1. The second kappa shape index (κ2) is 3.80. The van der Waals surface area contributed by atoms with Crippen molar-refractivity contribution >= 4 is 16.8 Å². The molecule has 1 heterocycles. The van der Waals surface area contributed by atoms with Crippen molar-refractivity contribution in [2.24, 2.45) is 5.92 Å². The van der Waals surface area contributed by atoms with Crippen LogP contribution >= 0.6 is 0 Å². The van der Waals surface area contributed by atoms with Crippen molar-refractivity contribution in [2.75, 3.05) is 0 Å². The van der Waals surface area contributed by atoms with E-state index in [9.17, 15) is 4.79 Å². The molecule has 0 saturated heterocycles. The lowest BCUT2D eigenvalue weighted by Gasteiger charge is -2.19. The molecule has 3 rings (SSSR count). The molecule has 17 heavy (non-hydrogen) atoms. The summed E-state index contributed by atoms with van der Waals surface area (Å²) in [4.78, 5) is 13.4. The van der Waals surface area contributed by atoms with Crippen molar-refractivity contribution in [3.8, 4) is 0 Å². The average molecular weight is 227 g/mol. The lowest BCUT2D eigenvalue weighted by atomic mass is 9.93. The van der Waals surface area contributed by atoms with Crippen molar-refractivity contribution in [2.45, 2.75) is 19.4 Å². The number of hydrogen-bond donors (Lipinski definition) is 0. The van der Waals surface area contributed by atoms with Gasteiger partial charge in [0.15, 0.2) is 5.78 Å². The van der Waals surface area contributed by atoms with E-state index in [1.807, 2.05) is 30.3 Å². The van der Waals surface area contributed by atoms with Crippen LogP contribution in [0, 0.1) is 5.92 Å². The summed E-state index contributed by atoms with van der Waals surface area (Å²) in [5.41, 5.74) is 1.67. The summed E-state index contributed by atoms with van der Waals surface area (Å²) >= 11 is 0. The van der Waals surface area contributed by atoms with Crippen LogP contribution in [-0.4, -0.2) is 20.8 Å². The fraction of sp³-hybridized carbons (Fsp3) is 0.308. The highest BCUT2D eigenvalue weighted by Crippen LogP contribution is 2.24. The van der Waals surface area contributed by atoms with Crippen molar-refractivity contribution in [3.05, 3.63) is 36.4 Å². The van der Waals surface area contributed by atoms with Crippen molar-refractivity contribution < 1.29 is 4.79 Å². The quantitative estimate of drug-likeness (QED) is 0.749. The van der Waals surface area contributed by atoms with E-state index >= 15 is 0 Å². The van der Waals surface area contributed by atoms with Crippen LogP contribution in [0.25, 0.3) is 11.0 Å². The molecule has 2 aromatic rings. The van der Waals surface area contributed by atoms with Crippen LogP contribution in [0.3, 0.4) is 0 Å². The zero-order valence-electron chi connectivity index (χ0n) is 9.58. The van der Waals surface area contributed by atoms with E-state index < -0.39 is 0 Å². The lowest BCUT2D eigenvalue weighted by Crippen LogP contribution is -2.25. The summed E-state index contributed by atoms with van der Waals surface area (Å²) in [5.74, 6) is 0.482. The summed E-state index contributed by atoms with van der Waals surface area (Å²) in [6.45, 7) is 2.10. The number of hydrogen-bond acceptors (Lipinski definition) is 3. The molecule has 0 fully saturated rings. The SMILES string of the molecule is CC1C=CC(=O)C(n2nc3ccccc3n2)C1. The highest BCUT2D eigenvalue weighted by atomic mass is 16.1. The summed E-state index contributed by atoms with van der Waals surface area (Å²) in [6, 6.07) is 7.41. The highest BCUT2D eigenvalue weighted by molar-refractivity contribution is 5.93. The molecule has 0 amide bonds. The number of nitrogens with zero attached hydrogens (tertiary/aromatic N) is 3. The molecule has 1 aromatic carbocycles. The Morgan fingerprint density at radius 2 is 1.88 bits per heavy atom. The highest BCUT2D eigenvalue weighted by Gasteiger charge is 2.25. The van der Waals surface area contributed by atoms with E-state index in [-0.39, 0.29) is 11.8 Å². The predicted molar refractivity (Wildman–Crippen MR) is 64.5 cm³/mol. The van der Waals surface area contributed by atoms with Gasteiger partial charge in [-0.2, -0.15) is 15.0 Å². The number of rotatable bonds is 1. The van der Waals surface area contributed by atoms with Gasteiger partial charge in [0, 0.05) is 0 Å². The first kappa shape index (κ1) is 10.2. The van der Waals surface area contributed by atoms with Crippen LogP contribution < -0.4 is 0 Å². The number of fused-ring (bicyclic) bond motifs is 1. The molecule has 1 aromatic heterocycles. The molecule has 4 nitrogen and oxygen atoms in total. The van der Waals surface area contributed by atoms with Crippen molar-refractivity contribution in [1.29, 1.82) is 0 Å². The first-order valence-corrected chi connectivity index (χ1v) is 5.77. The molecule has 0 saturated carbocycles. The standard InChI is InChI=1S/C13H13N3O/c1-9-6-7-13(17)12(8-9)16-14-10-4-2-3-5-11(10)15-16/h2-7,9,12H,8H2,1H3. The van der Waals surface area contributed by atoms with E-state index in [0.29, 0.717) is 5.92 Å². The van der Waals surface area contributed by atoms with Gasteiger partial charge in [0.1, 0.15) is 17.1 Å². The lowest BCUT2D eigenvalue weighted by molar-refractivity contribution is -0.119. The third-order valence-corrected chi connectivity index (χ3v) is 3.09. The Hall–Kier alpha value is -1.97. The predicted octanol–water partition coefficient (Wildman–Crippen LogP) is 2.14. The average Bonchev–Trinajstić information content (AvgIpc) is 2.75. The molecular weight excluding hydrogens is 214 g/mol. The molecule has 0 spiro atoms. The molecule has 2 atom stereocenters. The van der Waals surface area contributed by atoms with Crippen molar-refractivity contribution in [1.82, 2.24) is 15.0 Å².